The van der Waals surface area contributed by atoms with Gasteiger partial charge in [-0.25, -0.2) is 0 Å². The molecule has 1 rings (SSSR count). The van der Waals surface area contributed by atoms with Crippen molar-refractivity contribution in [1.82, 2.24) is 0 Å². The summed E-state index contributed by atoms with van der Waals surface area (Å²) in [6.07, 6.45) is 0. The van der Waals surface area contributed by atoms with Crippen LogP contribution in [0.15, 0.2) is 24.3 Å². The van der Waals surface area contributed by atoms with E-state index in [9.17, 15) is 9.90 Å². The Morgan fingerprint density at radius 3 is 2.00 bits per heavy atom. The molecule has 2 nitrogen and oxygen atoms in total. The molecular weight excluding hydrogens is 188 g/mol. The monoisotopic (exact) mass is 206 g/mol. The fourth-order valence-electron chi connectivity index (χ4n) is 1.77. The van der Waals surface area contributed by atoms with Crippen molar-refractivity contribution < 1.29 is 9.90 Å². The van der Waals surface area contributed by atoms with Crippen LogP contribution in [0.5, 0.6) is 0 Å². The van der Waals surface area contributed by atoms with Gasteiger partial charge in [0.05, 0.1) is 5.92 Å². The van der Waals surface area contributed by atoms with Gasteiger partial charge in [0.15, 0.2) is 0 Å². The molecule has 0 saturated heterocycles. The van der Waals surface area contributed by atoms with Gasteiger partial charge in [-0.15, -0.1) is 0 Å². The van der Waals surface area contributed by atoms with E-state index in [2.05, 4.69) is 0 Å². The van der Waals surface area contributed by atoms with Crippen molar-refractivity contribution in [3.05, 3.63) is 35.4 Å². The standard InChI is InChI=1S/C13H18O2/c1-9-5-7-10(8-6-9)11(12(14)15)13(2,3)4/h5-8,11H,1-4H3,(H,14,15). The van der Waals surface area contributed by atoms with Crippen LogP contribution in [0.4, 0.5) is 0 Å². The quantitative estimate of drug-likeness (QED) is 0.806. The zero-order chi connectivity index (χ0) is 11.6. The van der Waals surface area contributed by atoms with Gasteiger partial charge in [0.2, 0.25) is 0 Å². The average Bonchev–Trinajstić information content (AvgIpc) is 2.05. The maximum absolute atomic E-state index is 11.2. The second-order valence-corrected chi connectivity index (χ2v) is 5.05. The number of aliphatic carboxylic acids is 1. The molecule has 0 amide bonds. The second kappa shape index (κ2) is 4.05. The van der Waals surface area contributed by atoms with Gasteiger partial charge < -0.3 is 5.11 Å². The van der Waals surface area contributed by atoms with Crippen LogP contribution in [-0.2, 0) is 4.79 Å². The highest BCUT2D eigenvalue weighted by Crippen LogP contribution is 2.35. The summed E-state index contributed by atoms with van der Waals surface area (Å²) in [7, 11) is 0. The summed E-state index contributed by atoms with van der Waals surface area (Å²) in [6.45, 7) is 7.85. The minimum atomic E-state index is -0.758. The molecule has 15 heavy (non-hydrogen) atoms. The van der Waals surface area contributed by atoms with Crippen LogP contribution >= 0.6 is 0 Å². The third-order valence-corrected chi connectivity index (χ3v) is 2.52. The Morgan fingerprint density at radius 2 is 1.67 bits per heavy atom. The van der Waals surface area contributed by atoms with Gasteiger partial charge in [-0.3, -0.25) is 4.79 Å². The van der Waals surface area contributed by atoms with Crippen LogP contribution < -0.4 is 0 Å². The van der Waals surface area contributed by atoms with Gasteiger partial charge in [0, 0.05) is 0 Å². The van der Waals surface area contributed by atoms with E-state index in [0.717, 1.165) is 11.1 Å². The molecule has 0 aliphatic rings. The van der Waals surface area contributed by atoms with Crippen LogP contribution in [0.1, 0.15) is 37.8 Å². The Kier molecular flexibility index (Phi) is 3.18. The molecule has 0 bridgehead atoms. The molecule has 1 aromatic carbocycles. The minimum Gasteiger partial charge on any atom is -0.481 e. The molecule has 2 heteroatoms. The van der Waals surface area contributed by atoms with Gasteiger partial charge in [-0.1, -0.05) is 50.6 Å². The third kappa shape index (κ3) is 2.82. The van der Waals surface area contributed by atoms with E-state index < -0.39 is 11.9 Å². The number of hydrogen-bond acceptors (Lipinski definition) is 1. The van der Waals surface area contributed by atoms with E-state index in [0.29, 0.717) is 0 Å². The lowest BCUT2D eigenvalue weighted by atomic mass is 9.76. The van der Waals surface area contributed by atoms with E-state index in [1.165, 1.54) is 0 Å². The first kappa shape index (κ1) is 11.8. The van der Waals surface area contributed by atoms with E-state index in [1.807, 2.05) is 52.0 Å². The molecule has 1 N–H and O–H groups in total. The highest BCUT2D eigenvalue weighted by Gasteiger charge is 2.32. The van der Waals surface area contributed by atoms with Gasteiger partial charge >= 0.3 is 5.97 Å². The largest absolute Gasteiger partial charge is 0.481 e. The first-order chi connectivity index (χ1) is 6.82. The van der Waals surface area contributed by atoms with Crippen molar-refractivity contribution >= 4 is 5.97 Å². The molecule has 0 heterocycles. The summed E-state index contributed by atoms with van der Waals surface area (Å²) in [5, 5.41) is 9.23. The second-order valence-electron chi connectivity index (χ2n) is 5.05. The van der Waals surface area contributed by atoms with E-state index in [4.69, 9.17) is 0 Å². The van der Waals surface area contributed by atoms with Crippen LogP contribution in [0.3, 0.4) is 0 Å². The Hall–Kier alpha value is -1.31. The fourth-order valence-corrected chi connectivity index (χ4v) is 1.77. The van der Waals surface area contributed by atoms with Crippen LogP contribution in [0.25, 0.3) is 0 Å². The Balaban J connectivity index is 3.11. The van der Waals surface area contributed by atoms with Crippen molar-refractivity contribution in [3.8, 4) is 0 Å². The highest BCUT2D eigenvalue weighted by molar-refractivity contribution is 5.77. The Morgan fingerprint density at radius 1 is 1.20 bits per heavy atom. The smallest absolute Gasteiger partial charge is 0.311 e. The van der Waals surface area contributed by atoms with E-state index >= 15 is 0 Å². The lowest BCUT2D eigenvalue weighted by Gasteiger charge is -2.27. The van der Waals surface area contributed by atoms with Crippen molar-refractivity contribution in [1.29, 1.82) is 0 Å². The number of carboxylic acid groups (broad SMARTS) is 1. The Labute approximate surface area is 90.9 Å². The van der Waals surface area contributed by atoms with Crippen LogP contribution in [0.2, 0.25) is 0 Å². The van der Waals surface area contributed by atoms with Gasteiger partial charge in [-0.05, 0) is 17.9 Å². The lowest BCUT2D eigenvalue weighted by molar-refractivity contribution is -0.141. The number of benzene rings is 1. The minimum absolute atomic E-state index is 0.263. The summed E-state index contributed by atoms with van der Waals surface area (Å²) in [4.78, 5) is 11.2. The normalized spacial score (nSPS) is 13.6. The molecular formula is C13H18O2. The maximum atomic E-state index is 11.2. The molecule has 1 atom stereocenters. The topological polar surface area (TPSA) is 37.3 Å². The van der Waals surface area contributed by atoms with Crippen LogP contribution in [-0.4, -0.2) is 11.1 Å². The molecule has 0 fully saturated rings. The average molecular weight is 206 g/mol. The number of carboxylic acids is 1. The van der Waals surface area contributed by atoms with Gasteiger partial charge in [0.25, 0.3) is 0 Å². The SMILES string of the molecule is Cc1ccc(C(C(=O)O)C(C)(C)C)cc1. The molecule has 1 aromatic rings. The van der Waals surface area contributed by atoms with Crippen molar-refractivity contribution in [2.45, 2.75) is 33.6 Å². The summed E-state index contributed by atoms with van der Waals surface area (Å²) >= 11 is 0. The van der Waals surface area contributed by atoms with Crippen molar-refractivity contribution in [3.63, 3.8) is 0 Å². The van der Waals surface area contributed by atoms with Crippen molar-refractivity contribution in [2.75, 3.05) is 0 Å². The predicted octanol–water partition coefficient (Wildman–Crippen LogP) is 3.21. The highest BCUT2D eigenvalue weighted by atomic mass is 16.4. The summed E-state index contributed by atoms with van der Waals surface area (Å²) in [5.41, 5.74) is 1.76. The molecule has 0 aromatic heterocycles. The third-order valence-electron chi connectivity index (χ3n) is 2.52. The number of carbonyl (C=O) groups is 1. The van der Waals surface area contributed by atoms with Gasteiger partial charge in [-0.2, -0.15) is 0 Å². The fraction of sp³-hybridized carbons (Fsp3) is 0.462. The molecule has 0 aliphatic heterocycles. The first-order valence-corrected chi connectivity index (χ1v) is 5.12. The molecule has 0 aliphatic carbocycles. The van der Waals surface area contributed by atoms with E-state index in [1.54, 1.807) is 0 Å². The maximum Gasteiger partial charge on any atom is 0.311 e. The summed E-state index contributed by atoms with van der Waals surface area (Å²) in [5.74, 6) is -1.20. The summed E-state index contributed by atoms with van der Waals surface area (Å²) < 4.78 is 0. The summed E-state index contributed by atoms with van der Waals surface area (Å²) in [6, 6.07) is 7.72. The van der Waals surface area contributed by atoms with Gasteiger partial charge in [0.1, 0.15) is 0 Å². The first-order valence-electron chi connectivity index (χ1n) is 5.12. The zero-order valence-corrected chi connectivity index (χ0v) is 9.74. The molecule has 0 saturated carbocycles. The number of hydrogen-bond donors (Lipinski definition) is 1. The zero-order valence-electron chi connectivity index (χ0n) is 9.74. The predicted molar refractivity (Wildman–Crippen MR) is 61.0 cm³/mol. The lowest BCUT2D eigenvalue weighted by Crippen LogP contribution is -2.26. The Bertz CT molecular complexity index is 344. The molecule has 82 valence electrons. The molecule has 0 spiro atoms. The van der Waals surface area contributed by atoms with E-state index in [-0.39, 0.29) is 5.41 Å². The number of aryl methyl sites for hydroxylation is 1. The number of rotatable bonds is 2. The van der Waals surface area contributed by atoms with Crippen molar-refractivity contribution in [2.24, 2.45) is 5.41 Å². The molecule has 0 radical (unpaired) electrons. The molecule has 1 unspecified atom stereocenters. The van der Waals surface area contributed by atoms with Crippen LogP contribution in [0, 0.1) is 12.3 Å².